The van der Waals surface area contributed by atoms with E-state index in [1.54, 1.807) is 0 Å². The predicted molar refractivity (Wildman–Crippen MR) is 72.4 cm³/mol. The quantitative estimate of drug-likeness (QED) is 0.615. The minimum Gasteiger partial charge on any atom is -0.372 e. The maximum atomic E-state index is 11.9. The molecule has 0 aliphatic carbocycles. The Balaban J connectivity index is 2.04. The van der Waals surface area contributed by atoms with Gasteiger partial charge < -0.3 is 4.74 Å². The molecule has 0 amide bonds. The summed E-state index contributed by atoms with van der Waals surface area (Å²) in [5.41, 5.74) is 0. The predicted octanol–water partition coefficient (Wildman–Crippen LogP) is 4.03. The highest BCUT2D eigenvalue weighted by molar-refractivity contribution is 7.18. The minimum absolute atomic E-state index is 0.0899. The minimum atomic E-state index is -4.31. The monoisotopic (exact) mass is 324 g/mol. The van der Waals surface area contributed by atoms with Crippen molar-refractivity contribution in [2.75, 3.05) is 13.2 Å². The first-order valence-electron chi connectivity index (χ1n) is 5.98. The number of aryl methyl sites for hydroxylation is 1. The molecule has 2 aromatic rings. The van der Waals surface area contributed by atoms with E-state index in [-0.39, 0.29) is 13.0 Å². The number of rotatable bonds is 5. The summed E-state index contributed by atoms with van der Waals surface area (Å²) in [4.78, 5) is 10.3. The first kappa shape index (κ1) is 15.5. The van der Waals surface area contributed by atoms with Gasteiger partial charge in [-0.1, -0.05) is 18.5 Å². The van der Waals surface area contributed by atoms with Gasteiger partial charge >= 0.3 is 6.18 Å². The van der Waals surface area contributed by atoms with Crippen molar-refractivity contribution in [2.45, 2.75) is 25.9 Å². The number of halogens is 4. The summed E-state index contributed by atoms with van der Waals surface area (Å²) in [7, 11) is 0. The van der Waals surface area contributed by atoms with Crippen LogP contribution in [0.4, 0.5) is 13.2 Å². The second-order valence-corrected chi connectivity index (χ2v) is 5.61. The number of alkyl halides is 3. The molecule has 0 saturated carbocycles. The molecule has 2 heterocycles. The van der Waals surface area contributed by atoms with Crippen molar-refractivity contribution in [1.29, 1.82) is 0 Å². The molecule has 8 heteroatoms. The number of thiophene rings is 1. The smallest absolute Gasteiger partial charge is 0.372 e. The van der Waals surface area contributed by atoms with E-state index in [9.17, 15) is 13.2 Å². The van der Waals surface area contributed by atoms with Gasteiger partial charge in [-0.25, -0.2) is 9.97 Å². The number of ether oxygens (including phenoxy) is 1. The Morgan fingerprint density at radius 3 is 2.75 bits per heavy atom. The molecule has 0 atom stereocenters. The first-order chi connectivity index (χ1) is 9.39. The number of aromatic nitrogens is 2. The third-order valence-electron chi connectivity index (χ3n) is 2.53. The van der Waals surface area contributed by atoms with Crippen LogP contribution >= 0.6 is 22.9 Å². The molecule has 2 rings (SSSR count). The van der Waals surface area contributed by atoms with Gasteiger partial charge in [-0.2, -0.15) is 13.2 Å². The number of nitrogens with zero attached hydrogens (tertiary/aromatic N) is 2. The molecule has 0 aliphatic heterocycles. The fraction of sp³-hybridized carbons (Fsp3) is 0.500. The van der Waals surface area contributed by atoms with E-state index in [2.05, 4.69) is 14.7 Å². The second-order valence-electron chi connectivity index (χ2n) is 4.13. The summed E-state index contributed by atoms with van der Waals surface area (Å²) in [6, 6.07) is 1.94. The van der Waals surface area contributed by atoms with E-state index in [1.807, 2.05) is 13.0 Å². The van der Waals surface area contributed by atoms with Crippen LogP contribution < -0.4 is 0 Å². The van der Waals surface area contributed by atoms with Crippen molar-refractivity contribution >= 4 is 33.2 Å². The maximum absolute atomic E-state index is 11.9. The summed E-state index contributed by atoms with van der Waals surface area (Å²) in [5.74, 6) is 0.397. The Morgan fingerprint density at radius 2 is 2.10 bits per heavy atom. The van der Waals surface area contributed by atoms with Gasteiger partial charge in [0, 0.05) is 16.7 Å². The zero-order chi connectivity index (χ0) is 14.8. The van der Waals surface area contributed by atoms with Crippen molar-refractivity contribution in [2.24, 2.45) is 0 Å². The molecule has 0 N–H and O–H groups in total. The fourth-order valence-corrected chi connectivity index (χ4v) is 2.90. The van der Waals surface area contributed by atoms with Gasteiger partial charge in [-0.05, 0) is 12.5 Å². The molecular weight excluding hydrogens is 313 g/mol. The molecule has 0 saturated heterocycles. The highest BCUT2D eigenvalue weighted by Gasteiger charge is 2.27. The third-order valence-corrected chi connectivity index (χ3v) is 3.99. The summed E-state index contributed by atoms with van der Waals surface area (Å²) in [6.07, 6.45) is -3.24. The van der Waals surface area contributed by atoms with Crippen LogP contribution in [0.3, 0.4) is 0 Å². The van der Waals surface area contributed by atoms with Gasteiger partial charge in [0.1, 0.15) is 22.4 Å². The van der Waals surface area contributed by atoms with E-state index < -0.39 is 12.8 Å². The average Bonchev–Trinajstić information content (AvgIpc) is 2.77. The highest BCUT2D eigenvalue weighted by Crippen LogP contribution is 2.29. The molecule has 0 radical (unpaired) electrons. The second kappa shape index (κ2) is 6.24. The maximum Gasteiger partial charge on any atom is 0.411 e. The van der Waals surface area contributed by atoms with Gasteiger partial charge in [-0.3, -0.25) is 0 Å². The Morgan fingerprint density at radius 1 is 1.35 bits per heavy atom. The van der Waals surface area contributed by atoms with Crippen molar-refractivity contribution in [1.82, 2.24) is 9.97 Å². The topological polar surface area (TPSA) is 35.0 Å². The Hall–Kier alpha value is -0.920. The molecule has 0 bridgehead atoms. The lowest BCUT2D eigenvalue weighted by Gasteiger charge is -2.07. The standard InChI is InChI=1S/C12H12ClF3N2OS/c1-2-7-5-8-10(13)17-9(18-11(8)20-7)3-4-19-6-12(14,15)16/h5H,2-4,6H2,1H3. The Bertz CT molecular complexity index is 600. The Labute approximate surface area is 122 Å². The molecule has 2 aromatic heterocycles. The lowest BCUT2D eigenvalue weighted by atomic mass is 10.3. The van der Waals surface area contributed by atoms with Crippen LogP contribution in [-0.2, 0) is 17.6 Å². The average molecular weight is 325 g/mol. The molecule has 0 aliphatic rings. The molecule has 20 heavy (non-hydrogen) atoms. The first-order valence-corrected chi connectivity index (χ1v) is 7.18. The van der Waals surface area contributed by atoms with Crippen LogP contribution in [0.2, 0.25) is 5.15 Å². The van der Waals surface area contributed by atoms with Crippen LogP contribution in [0.1, 0.15) is 17.6 Å². The van der Waals surface area contributed by atoms with Gasteiger partial charge in [0.25, 0.3) is 0 Å². The molecule has 0 aromatic carbocycles. The lowest BCUT2D eigenvalue weighted by Crippen LogP contribution is -2.18. The molecule has 110 valence electrons. The number of hydrogen-bond acceptors (Lipinski definition) is 4. The van der Waals surface area contributed by atoms with Crippen molar-refractivity contribution < 1.29 is 17.9 Å². The van der Waals surface area contributed by atoms with Crippen molar-refractivity contribution in [3.63, 3.8) is 0 Å². The van der Waals surface area contributed by atoms with Crippen LogP contribution in [0.5, 0.6) is 0 Å². The third kappa shape index (κ3) is 4.04. The van der Waals surface area contributed by atoms with Gasteiger partial charge in [0.05, 0.1) is 6.61 Å². The van der Waals surface area contributed by atoms with E-state index in [1.165, 1.54) is 11.3 Å². The molecular formula is C12H12ClF3N2OS. The van der Waals surface area contributed by atoms with Gasteiger partial charge in [-0.15, -0.1) is 11.3 Å². The summed E-state index contributed by atoms with van der Waals surface area (Å²) in [6.45, 7) is 0.674. The summed E-state index contributed by atoms with van der Waals surface area (Å²) >= 11 is 7.57. The molecule has 0 spiro atoms. The van der Waals surface area contributed by atoms with E-state index in [4.69, 9.17) is 11.6 Å². The van der Waals surface area contributed by atoms with E-state index >= 15 is 0 Å². The number of hydrogen-bond donors (Lipinski definition) is 0. The van der Waals surface area contributed by atoms with Crippen molar-refractivity contribution in [3.8, 4) is 0 Å². The SMILES string of the molecule is CCc1cc2c(Cl)nc(CCOCC(F)(F)F)nc2s1. The molecule has 3 nitrogen and oxygen atoms in total. The lowest BCUT2D eigenvalue weighted by molar-refractivity contribution is -0.173. The van der Waals surface area contributed by atoms with Crippen molar-refractivity contribution in [3.05, 3.63) is 21.9 Å². The zero-order valence-corrected chi connectivity index (χ0v) is 12.2. The highest BCUT2D eigenvalue weighted by atomic mass is 35.5. The normalized spacial score (nSPS) is 12.2. The van der Waals surface area contributed by atoms with E-state index in [0.717, 1.165) is 21.5 Å². The summed E-state index contributed by atoms with van der Waals surface area (Å²) in [5, 5.41) is 1.12. The summed E-state index contributed by atoms with van der Waals surface area (Å²) < 4.78 is 40.3. The van der Waals surface area contributed by atoms with E-state index in [0.29, 0.717) is 11.0 Å². The van der Waals surface area contributed by atoms with Crippen LogP contribution in [-0.4, -0.2) is 29.4 Å². The van der Waals surface area contributed by atoms with Crippen LogP contribution in [0, 0.1) is 0 Å². The molecule has 0 fully saturated rings. The zero-order valence-electron chi connectivity index (χ0n) is 10.6. The molecule has 0 unspecified atom stereocenters. The Kier molecular flexibility index (Phi) is 4.82. The van der Waals surface area contributed by atoms with Crippen LogP contribution in [0.15, 0.2) is 6.07 Å². The fourth-order valence-electron chi connectivity index (χ4n) is 1.62. The number of fused-ring (bicyclic) bond motifs is 1. The van der Waals surface area contributed by atoms with Gasteiger partial charge in [0.2, 0.25) is 0 Å². The van der Waals surface area contributed by atoms with Crippen LogP contribution in [0.25, 0.3) is 10.2 Å². The largest absolute Gasteiger partial charge is 0.411 e. The van der Waals surface area contributed by atoms with Gasteiger partial charge in [0.15, 0.2) is 0 Å².